The number of rotatable bonds is 6. The van der Waals surface area contributed by atoms with Crippen LogP contribution in [0.25, 0.3) is 0 Å². The van der Waals surface area contributed by atoms with Crippen LogP contribution >= 0.6 is 0 Å². The van der Waals surface area contributed by atoms with E-state index < -0.39 is 11.8 Å². The first-order chi connectivity index (χ1) is 8.03. The summed E-state index contributed by atoms with van der Waals surface area (Å²) in [5.74, 6) is -1.85. The second-order valence-electron chi connectivity index (χ2n) is 3.70. The standard InChI is InChI=1S/C13H18O4/c1-4-16-13(3,17-5-2)11-8-6-7-10(9-11)12(14)15/h6-9H,4-5H2,1-3H3,(H,14,15). The molecule has 1 N–H and O–H groups in total. The average Bonchev–Trinajstić information content (AvgIpc) is 2.30. The first-order valence-electron chi connectivity index (χ1n) is 5.65. The van der Waals surface area contributed by atoms with E-state index in [1.165, 1.54) is 0 Å². The molecule has 0 bridgehead atoms. The molecule has 0 unspecified atom stereocenters. The van der Waals surface area contributed by atoms with Crippen molar-refractivity contribution in [3.63, 3.8) is 0 Å². The van der Waals surface area contributed by atoms with Crippen LogP contribution in [-0.4, -0.2) is 24.3 Å². The van der Waals surface area contributed by atoms with Gasteiger partial charge in [0.25, 0.3) is 0 Å². The van der Waals surface area contributed by atoms with Crippen LogP contribution in [-0.2, 0) is 15.3 Å². The Bertz CT molecular complexity index is 381. The van der Waals surface area contributed by atoms with E-state index in [0.717, 1.165) is 0 Å². The molecule has 0 heterocycles. The van der Waals surface area contributed by atoms with E-state index in [0.29, 0.717) is 18.8 Å². The minimum atomic E-state index is -0.956. The topological polar surface area (TPSA) is 55.8 Å². The number of carboxylic acids is 1. The Labute approximate surface area is 101 Å². The molecule has 0 aliphatic heterocycles. The highest BCUT2D eigenvalue weighted by atomic mass is 16.7. The van der Waals surface area contributed by atoms with Gasteiger partial charge in [0, 0.05) is 18.8 Å². The molecule has 0 radical (unpaired) electrons. The lowest BCUT2D eigenvalue weighted by molar-refractivity contribution is -0.229. The van der Waals surface area contributed by atoms with Crippen LogP contribution in [0, 0.1) is 0 Å². The van der Waals surface area contributed by atoms with Crippen molar-refractivity contribution in [1.29, 1.82) is 0 Å². The van der Waals surface area contributed by atoms with Crippen molar-refractivity contribution in [1.82, 2.24) is 0 Å². The summed E-state index contributed by atoms with van der Waals surface area (Å²) in [4.78, 5) is 10.9. The molecular formula is C13H18O4. The van der Waals surface area contributed by atoms with Gasteiger partial charge in [-0.25, -0.2) is 4.79 Å². The third-order valence-electron chi connectivity index (χ3n) is 2.47. The Morgan fingerprint density at radius 2 is 1.88 bits per heavy atom. The molecule has 0 aliphatic rings. The number of aromatic carboxylic acids is 1. The van der Waals surface area contributed by atoms with Gasteiger partial charge in [0.05, 0.1) is 5.56 Å². The fourth-order valence-electron chi connectivity index (χ4n) is 1.69. The smallest absolute Gasteiger partial charge is 0.335 e. The van der Waals surface area contributed by atoms with Crippen molar-refractivity contribution in [3.05, 3.63) is 35.4 Å². The van der Waals surface area contributed by atoms with Crippen LogP contribution in [0.4, 0.5) is 0 Å². The Morgan fingerprint density at radius 3 is 2.35 bits per heavy atom. The number of carbonyl (C=O) groups is 1. The lowest BCUT2D eigenvalue weighted by atomic mass is 10.0. The molecule has 94 valence electrons. The number of carboxylic acid groups (broad SMARTS) is 1. The second-order valence-corrected chi connectivity index (χ2v) is 3.70. The Hall–Kier alpha value is -1.39. The van der Waals surface area contributed by atoms with Crippen LogP contribution in [0.5, 0.6) is 0 Å². The minimum absolute atomic E-state index is 0.230. The average molecular weight is 238 g/mol. The lowest BCUT2D eigenvalue weighted by Crippen LogP contribution is -2.30. The molecule has 0 amide bonds. The third kappa shape index (κ3) is 3.28. The number of ether oxygens (including phenoxy) is 2. The van der Waals surface area contributed by atoms with Gasteiger partial charge in [-0.1, -0.05) is 12.1 Å². The SMILES string of the molecule is CCOC(C)(OCC)c1cccc(C(=O)O)c1. The van der Waals surface area contributed by atoms with E-state index in [9.17, 15) is 4.79 Å². The van der Waals surface area contributed by atoms with Gasteiger partial charge >= 0.3 is 5.97 Å². The highest BCUT2D eigenvalue weighted by molar-refractivity contribution is 5.87. The van der Waals surface area contributed by atoms with Gasteiger partial charge in [0.15, 0.2) is 5.79 Å². The highest BCUT2D eigenvalue weighted by Gasteiger charge is 2.28. The molecule has 0 aliphatic carbocycles. The van der Waals surface area contributed by atoms with E-state index in [1.54, 1.807) is 31.2 Å². The van der Waals surface area contributed by atoms with Gasteiger partial charge < -0.3 is 14.6 Å². The number of hydrogen-bond acceptors (Lipinski definition) is 3. The molecular weight excluding hydrogens is 220 g/mol. The van der Waals surface area contributed by atoms with E-state index >= 15 is 0 Å². The van der Waals surface area contributed by atoms with E-state index in [1.807, 2.05) is 13.8 Å². The molecule has 4 nitrogen and oxygen atoms in total. The molecule has 1 rings (SSSR count). The molecule has 4 heteroatoms. The molecule has 0 atom stereocenters. The zero-order chi connectivity index (χ0) is 12.9. The minimum Gasteiger partial charge on any atom is -0.478 e. The molecule has 1 aromatic rings. The van der Waals surface area contributed by atoms with Gasteiger partial charge in [0.1, 0.15) is 0 Å². The van der Waals surface area contributed by atoms with Gasteiger partial charge in [-0.15, -0.1) is 0 Å². The van der Waals surface area contributed by atoms with Crippen LogP contribution in [0.1, 0.15) is 36.7 Å². The third-order valence-corrected chi connectivity index (χ3v) is 2.47. The molecule has 0 spiro atoms. The van der Waals surface area contributed by atoms with Crippen molar-refractivity contribution in [2.75, 3.05) is 13.2 Å². The van der Waals surface area contributed by atoms with Crippen LogP contribution in [0.15, 0.2) is 24.3 Å². The summed E-state index contributed by atoms with van der Waals surface area (Å²) in [6.07, 6.45) is 0. The Morgan fingerprint density at radius 1 is 1.29 bits per heavy atom. The number of benzene rings is 1. The van der Waals surface area contributed by atoms with Gasteiger partial charge in [0.2, 0.25) is 0 Å². The zero-order valence-electron chi connectivity index (χ0n) is 10.4. The first kappa shape index (κ1) is 13.7. The van der Waals surface area contributed by atoms with E-state index in [2.05, 4.69) is 0 Å². The highest BCUT2D eigenvalue weighted by Crippen LogP contribution is 2.27. The predicted molar refractivity (Wildman–Crippen MR) is 64.0 cm³/mol. The fourth-order valence-corrected chi connectivity index (χ4v) is 1.69. The van der Waals surface area contributed by atoms with Gasteiger partial charge in [-0.05, 0) is 32.9 Å². The van der Waals surface area contributed by atoms with Crippen molar-refractivity contribution in [2.45, 2.75) is 26.6 Å². The maximum Gasteiger partial charge on any atom is 0.335 e. The Kier molecular flexibility index (Phi) is 4.66. The summed E-state index contributed by atoms with van der Waals surface area (Å²) in [5, 5.41) is 8.95. The van der Waals surface area contributed by atoms with E-state index in [4.69, 9.17) is 14.6 Å². The van der Waals surface area contributed by atoms with Gasteiger partial charge in [-0.2, -0.15) is 0 Å². The van der Waals surface area contributed by atoms with Crippen molar-refractivity contribution >= 4 is 5.97 Å². The largest absolute Gasteiger partial charge is 0.478 e. The maximum absolute atomic E-state index is 10.9. The second kappa shape index (κ2) is 5.80. The number of hydrogen-bond donors (Lipinski definition) is 1. The summed E-state index contributed by atoms with van der Waals surface area (Å²) < 4.78 is 11.2. The summed E-state index contributed by atoms with van der Waals surface area (Å²) in [5.41, 5.74) is 0.939. The zero-order valence-corrected chi connectivity index (χ0v) is 10.4. The summed E-state index contributed by atoms with van der Waals surface area (Å²) in [7, 11) is 0. The molecule has 0 saturated carbocycles. The van der Waals surface area contributed by atoms with Crippen molar-refractivity contribution < 1.29 is 19.4 Å². The first-order valence-corrected chi connectivity index (χ1v) is 5.65. The fraction of sp³-hybridized carbons (Fsp3) is 0.462. The maximum atomic E-state index is 10.9. The van der Waals surface area contributed by atoms with Crippen LogP contribution in [0.2, 0.25) is 0 Å². The van der Waals surface area contributed by atoms with Crippen LogP contribution < -0.4 is 0 Å². The molecule has 0 saturated heterocycles. The predicted octanol–water partition coefficient (Wildman–Crippen LogP) is 2.63. The molecule has 1 aromatic carbocycles. The summed E-state index contributed by atoms with van der Waals surface area (Å²) >= 11 is 0. The van der Waals surface area contributed by atoms with Crippen molar-refractivity contribution in [2.24, 2.45) is 0 Å². The Balaban J connectivity index is 3.09. The lowest BCUT2D eigenvalue weighted by Gasteiger charge is -2.29. The summed E-state index contributed by atoms with van der Waals surface area (Å²) in [6, 6.07) is 6.62. The van der Waals surface area contributed by atoms with Gasteiger partial charge in [-0.3, -0.25) is 0 Å². The van der Waals surface area contributed by atoms with E-state index in [-0.39, 0.29) is 5.56 Å². The van der Waals surface area contributed by atoms with Crippen LogP contribution in [0.3, 0.4) is 0 Å². The monoisotopic (exact) mass is 238 g/mol. The normalized spacial score (nSPS) is 11.5. The molecule has 0 aromatic heterocycles. The quantitative estimate of drug-likeness (QED) is 0.774. The van der Waals surface area contributed by atoms with Crippen molar-refractivity contribution in [3.8, 4) is 0 Å². The molecule has 17 heavy (non-hydrogen) atoms. The molecule has 0 fully saturated rings. The summed E-state index contributed by atoms with van der Waals surface area (Å²) in [6.45, 7) is 6.53.